The summed E-state index contributed by atoms with van der Waals surface area (Å²) in [5.41, 5.74) is 7.01. The Balaban J connectivity index is 1.96. The van der Waals surface area contributed by atoms with Crippen molar-refractivity contribution in [2.75, 3.05) is 6.54 Å². The molecule has 1 fully saturated rings. The van der Waals surface area contributed by atoms with Crippen LogP contribution in [0.2, 0.25) is 0 Å². The summed E-state index contributed by atoms with van der Waals surface area (Å²) >= 11 is 0. The average molecular weight is 355 g/mol. The number of nitrogens with two attached hydrogens (primary N) is 1. The van der Waals surface area contributed by atoms with Crippen LogP contribution < -0.4 is 21.7 Å². The highest BCUT2D eigenvalue weighted by Crippen LogP contribution is 2.31. The van der Waals surface area contributed by atoms with Crippen molar-refractivity contribution >= 4 is 11.0 Å². The van der Waals surface area contributed by atoms with Gasteiger partial charge < -0.3 is 15.0 Å². The van der Waals surface area contributed by atoms with E-state index in [4.69, 9.17) is 10.5 Å². The molecule has 0 spiro atoms. The maximum absolute atomic E-state index is 12.2. The number of fused-ring (bicyclic) bond motifs is 2. The number of benzene rings is 1. The van der Waals surface area contributed by atoms with Crippen LogP contribution >= 0.6 is 0 Å². The van der Waals surface area contributed by atoms with E-state index in [9.17, 15) is 9.59 Å². The largest absolute Gasteiger partial charge is 0.490 e. The third-order valence-electron chi connectivity index (χ3n) is 4.85. The number of H-pyrrole nitrogens is 1. The van der Waals surface area contributed by atoms with Gasteiger partial charge in [-0.2, -0.15) is 4.98 Å². The maximum atomic E-state index is 12.2. The Hall–Kier alpha value is -2.74. The van der Waals surface area contributed by atoms with Crippen molar-refractivity contribution in [3.8, 4) is 17.3 Å². The van der Waals surface area contributed by atoms with Gasteiger partial charge in [0.25, 0.3) is 5.56 Å². The van der Waals surface area contributed by atoms with Crippen molar-refractivity contribution in [1.29, 1.82) is 0 Å². The van der Waals surface area contributed by atoms with Crippen LogP contribution in [0, 0.1) is 6.92 Å². The highest BCUT2D eigenvalue weighted by atomic mass is 16.5. The monoisotopic (exact) mass is 355 g/mol. The lowest BCUT2D eigenvalue weighted by Crippen LogP contribution is -2.29. The van der Waals surface area contributed by atoms with Gasteiger partial charge in [-0.1, -0.05) is 0 Å². The highest BCUT2D eigenvalue weighted by molar-refractivity contribution is 5.82. The van der Waals surface area contributed by atoms with Crippen LogP contribution in [0.5, 0.6) is 5.75 Å². The number of rotatable bonds is 4. The summed E-state index contributed by atoms with van der Waals surface area (Å²) in [6, 6.07) is 3.81. The normalized spacial score (nSPS) is 15.2. The Morgan fingerprint density at radius 2 is 2.04 bits per heavy atom. The quantitative estimate of drug-likeness (QED) is 0.679. The third-order valence-corrected chi connectivity index (χ3v) is 4.85. The first-order valence-corrected chi connectivity index (χ1v) is 8.89. The molecule has 0 bridgehead atoms. The molecular formula is C18H21N5O3. The Labute approximate surface area is 149 Å². The topological polar surface area (TPSA) is 116 Å². The number of nitrogens with one attached hydrogen (secondary N) is 1. The number of aromatic amines is 1. The number of hydrogen-bond acceptors (Lipinski definition) is 6. The molecule has 3 N–H and O–H groups in total. The van der Waals surface area contributed by atoms with E-state index in [-0.39, 0.29) is 17.6 Å². The zero-order valence-corrected chi connectivity index (χ0v) is 14.6. The fourth-order valence-electron chi connectivity index (χ4n) is 3.59. The van der Waals surface area contributed by atoms with Crippen LogP contribution in [0.1, 0.15) is 31.2 Å². The average Bonchev–Trinajstić information content (AvgIpc) is 3.10. The first kappa shape index (κ1) is 16.7. The van der Waals surface area contributed by atoms with Crippen LogP contribution in [-0.2, 0) is 6.54 Å². The smallest absolute Gasteiger partial charge is 0.349 e. The minimum Gasteiger partial charge on any atom is -0.490 e. The van der Waals surface area contributed by atoms with Gasteiger partial charge in [-0.3, -0.25) is 9.78 Å². The molecule has 1 aromatic carbocycles. The van der Waals surface area contributed by atoms with Gasteiger partial charge in [-0.15, -0.1) is 0 Å². The molecule has 0 radical (unpaired) electrons. The summed E-state index contributed by atoms with van der Waals surface area (Å²) < 4.78 is 7.96. The lowest BCUT2D eigenvalue weighted by molar-refractivity contribution is 0.209. The molecule has 136 valence electrons. The molecule has 3 aliphatic rings. The van der Waals surface area contributed by atoms with Crippen molar-refractivity contribution in [3.05, 3.63) is 38.5 Å². The summed E-state index contributed by atoms with van der Waals surface area (Å²) in [4.78, 5) is 34.4. The number of aromatic nitrogens is 4. The van der Waals surface area contributed by atoms with Gasteiger partial charge in [0, 0.05) is 19.2 Å². The number of aryl methyl sites for hydroxylation is 1. The summed E-state index contributed by atoms with van der Waals surface area (Å²) in [5.74, 6) is 1.04. The molecule has 1 saturated carbocycles. The fraction of sp³-hybridized carbons (Fsp3) is 0.444. The fourth-order valence-corrected chi connectivity index (χ4v) is 3.59. The van der Waals surface area contributed by atoms with E-state index >= 15 is 0 Å². The van der Waals surface area contributed by atoms with Crippen molar-refractivity contribution in [2.24, 2.45) is 5.73 Å². The number of hydrogen-bond donors (Lipinski definition) is 2. The molecule has 2 heterocycles. The van der Waals surface area contributed by atoms with Gasteiger partial charge in [0.2, 0.25) is 0 Å². The summed E-state index contributed by atoms with van der Waals surface area (Å²) in [5, 5.41) is 0. The first-order valence-electron chi connectivity index (χ1n) is 8.89. The van der Waals surface area contributed by atoms with E-state index in [1.54, 1.807) is 4.57 Å². The predicted octanol–water partition coefficient (Wildman–Crippen LogP) is 1.17. The lowest BCUT2D eigenvalue weighted by Gasteiger charge is -2.19. The molecule has 26 heavy (non-hydrogen) atoms. The zero-order valence-electron chi connectivity index (χ0n) is 14.6. The first-order chi connectivity index (χ1) is 12.6. The second kappa shape index (κ2) is 6.53. The van der Waals surface area contributed by atoms with Crippen molar-refractivity contribution in [3.63, 3.8) is 0 Å². The van der Waals surface area contributed by atoms with E-state index in [2.05, 4.69) is 15.0 Å². The van der Waals surface area contributed by atoms with Gasteiger partial charge in [0.1, 0.15) is 5.75 Å². The van der Waals surface area contributed by atoms with Gasteiger partial charge in [0.05, 0.1) is 17.1 Å². The van der Waals surface area contributed by atoms with Gasteiger partial charge in [-0.25, -0.2) is 9.78 Å². The molecule has 0 atom stereocenters. The number of ether oxygens (including phenoxy) is 1. The minimum absolute atomic E-state index is 0.134. The lowest BCUT2D eigenvalue weighted by atomic mass is 10.1. The van der Waals surface area contributed by atoms with Gasteiger partial charge >= 0.3 is 5.69 Å². The molecule has 1 aliphatic carbocycles. The van der Waals surface area contributed by atoms with E-state index in [0.717, 1.165) is 29.7 Å². The molecule has 0 amide bonds. The molecule has 0 saturated heterocycles. The molecule has 8 heteroatoms. The van der Waals surface area contributed by atoms with E-state index in [0.29, 0.717) is 18.6 Å². The second-order valence-electron chi connectivity index (χ2n) is 6.73. The minimum atomic E-state index is -0.691. The van der Waals surface area contributed by atoms with Crippen LogP contribution in [-0.4, -0.2) is 32.2 Å². The number of nitrogens with zero attached hydrogens (tertiary/aromatic N) is 3. The van der Waals surface area contributed by atoms with Crippen LogP contribution in [0.3, 0.4) is 0 Å². The van der Waals surface area contributed by atoms with Crippen LogP contribution in [0.15, 0.2) is 21.7 Å². The molecule has 2 aliphatic heterocycles. The molecule has 0 unspecified atom stereocenters. The van der Waals surface area contributed by atoms with E-state index in [1.165, 1.54) is 12.8 Å². The maximum Gasteiger partial charge on any atom is 0.349 e. The third kappa shape index (κ3) is 2.86. The Morgan fingerprint density at radius 1 is 1.27 bits per heavy atom. The van der Waals surface area contributed by atoms with Crippen molar-refractivity contribution < 1.29 is 4.74 Å². The van der Waals surface area contributed by atoms with E-state index in [1.807, 2.05) is 19.1 Å². The highest BCUT2D eigenvalue weighted by Gasteiger charge is 2.21. The summed E-state index contributed by atoms with van der Waals surface area (Å²) in [6.07, 6.45) is 4.74. The second-order valence-corrected chi connectivity index (χ2v) is 6.73. The molecule has 8 nitrogen and oxygen atoms in total. The molecular weight excluding hydrogens is 334 g/mol. The molecule has 0 aromatic heterocycles. The Bertz CT molecular complexity index is 1050. The van der Waals surface area contributed by atoms with Crippen LogP contribution in [0.4, 0.5) is 0 Å². The summed E-state index contributed by atoms with van der Waals surface area (Å²) in [7, 11) is 0. The van der Waals surface area contributed by atoms with Crippen molar-refractivity contribution in [2.45, 2.75) is 45.3 Å². The van der Waals surface area contributed by atoms with Gasteiger partial charge in [-0.05, 0) is 44.2 Å². The summed E-state index contributed by atoms with van der Waals surface area (Å²) in [6.45, 7) is 2.72. The van der Waals surface area contributed by atoms with Crippen LogP contribution in [0.25, 0.3) is 22.6 Å². The molecule has 1 aromatic rings. The predicted molar refractivity (Wildman–Crippen MR) is 97.7 cm³/mol. The molecule has 4 rings (SSSR count). The Morgan fingerprint density at radius 3 is 2.77 bits per heavy atom. The Kier molecular flexibility index (Phi) is 4.20. The van der Waals surface area contributed by atoms with Gasteiger partial charge in [0.15, 0.2) is 11.5 Å². The standard InChI is InChI=1S/C18H21N5O3/c1-10-8-12-13(9-14(10)26-11-4-2-3-5-11)23(7-6-19)16-15(20-12)17(24)22-18(25)21-16/h8-9,11H,2-7,19H2,1H3,(H,22,24,25). The van der Waals surface area contributed by atoms with E-state index < -0.39 is 11.2 Å². The van der Waals surface area contributed by atoms with Crippen molar-refractivity contribution in [1.82, 2.24) is 19.5 Å². The zero-order chi connectivity index (χ0) is 18.3. The SMILES string of the molecule is Cc1cc2nc3c(=O)[nH]c(=O)nc-3n(CCN)c2cc1OC1CCCC1.